The summed E-state index contributed by atoms with van der Waals surface area (Å²) in [6.45, 7) is 0.567. The Labute approximate surface area is 132 Å². The Morgan fingerprint density at radius 2 is 1.82 bits per heavy atom. The molecule has 3 aromatic rings. The van der Waals surface area contributed by atoms with Crippen LogP contribution in [0.25, 0.3) is 10.9 Å². The van der Waals surface area contributed by atoms with Crippen molar-refractivity contribution in [2.75, 3.05) is 12.4 Å². The van der Waals surface area contributed by atoms with Crippen molar-refractivity contribution in [2.24, 2.45) is 7.05 Å². The minimum absolute atomic E-state index is 0.0166. The molecule has 0 atom stereocenters. The van der Waals surface area contributed by atoms with Crippen molar-refractivity contribution in [1.82, 2.24) is 9.55 Å². The molecule has 0 unspecified atom stereocenters. The largest absolute Gasteiger partial charge is 0.493 e. The van der Waals surface area contributed by atoms with Crippen LogP contribution in [0.2, 0.25) is 0 Å². The van der Waals surface area contributed by atoms with Gasteiger partial charge in [-0.15, -0.1) is 0 Å². The highest BCUT2D eigenvalue weighted by atomic mass is 32.2. The molecule has 0 aliphatic carbocycles. The summed E-state index contributed by atoms with van der Waals surface area (Å²) in [5.41, 5.74) is 0.717. The monoisotopic (exact) mass is 312 g/mol. The van der Waals surface area contributed by atoms with Gasteiger partial charge in [-0.05, 0) is 24.3 Å². The molecule has 0 saturated heterocycles. The summed E-state index contributed by atoms with van der Waals surface area (Å²) in [5.74, 6) is 1.58. The van der Waals surface area contributed by atoms with Gasteiger partial charge in [0.15, 0.2) is 5.16 Å². The lowest BCUT2D eigenvalue weighted by Gasteiger charge is -2.09. The molecular formula is C17H16N2O2S. The maximum absolute atomic E-state index is 12.3. The van der Waals surface area contributed by atoms with Crippen LogP contribution in [0.1, 0.15) is 0 Å². The zero-order valence-electron chi connectivity index (χ0n) is 12.2. The van der Waals surface area contributed by atoms with Crippen LogP contribution in [-0.2, 0) is 7.05 Å². The first-order valence-corrected chi connectivity index (χ1v) is 8.00. The molecule has 0 aliphatic rings. The minimum Gasteiger partial charge on any atom is -0.493 e. The van der Waals surface area contributed by atoms with Crippen LogP contribution < -0.4 is 10.3 Å². The third-order valence-electron chi connectivity index (χ3n) is 3.27. The molecule has 22 heavy (non-hydrogen) atoms. The summed E-state index contributed by atoms with van der Waals surface area (Å²) in [4.78, 5) is 16.8. The average molecular weight is 312 g/mol. The molecule has 112 valence electrons. The van der Waals surface area contributed by atoms with Crippen LogP contribution in [0.4, 0.5) is 0 Å². The van der Waals surface area contributed by atoms with Crippen LogP contribution >= 0.6 is 11.8 Å². The molecule has 3 rings (SSSR count). The van der Waals surface area contributed by atoms with Gasteiger partial charge in [0.05, 0.1) is 17.5 Å². The van der Waals surface area contributed by atoms with Gasteiger partial charge in [-0.1, -0.05) is 42.1 Å². The maximum Gasteiger partial charge on any atom is 0.261 e. The quantitative estimate of drug-likeness (QED) is 0.412. The highest BCUT2D eigenvalue weighted by Crippen LogP contribution is 2.17. The minimum atomic E-state index is -0.0166. The van der Waals surface area contributed by atoms with Gasteiger partial charge in [0.2, 0.25) is 0 Å². The molecule has 0 N–H and O–H groups in total. The first-order chi connectivity index (χ1) is 10.8. The summed E-state index contributed by atoms with van der Waals surface area (Å²) in [5, 5.41) is 1.36. The lowest BCUT2D eigenvalue weighted by atomic mass is 10.2. The Bertz CT molecular complexity index is 831. The van der Waals surface area contributed by atoms with E-state index < -0.39 is 0 Å². The Balaban J connectivity index is 1.69. The Morgan fingerprint density at radius 3 is 2.64 bits per heavy atom. The fraction of sp³-hybridized carbons (Fsp3) is 0.176. The van der Waals surface area contributed by atoms with Crippen LogP contribution in [0.3, 0.4) is 0 Å². The molecule has 5 heteroatoms. The van der Waals surface area contributed by atoms with Crippen LogP contribution in [0.15, 0.2) is 64.5 Å². The molecule has 4 nitrogen and oxygen atoms in total. The molecular weight excluding hydrogens is 296 g/mol. The molecule has 0 fully saturated rings. The fourth-order valence-corrected chi connectivity index (χ4v) is 2.92. The summed E-state index contributed by atoms with van der Waals surface area (Å²) in [6, 6.07) is 17.1. The van der Waals surface area contributed by atoms with E-state index in [0.29, 0.717) is 17.1 Å². The van der Waals surface area contributed by atoms with E-state index in [-0.39, 0.29) is 5.56 Å². The highest BCUT2D eigenvalue weighted by Gasteiger charge is 2.08. The van der Waals surface area contributed by atoms with Gasteiger partial charge in [0.1, 0.15) is 5.75 Å². The van der Waals surface area contributed by atoms with E-state index in [9.17, 15) is 4.79 Å². The van der Waals surface area contributed by atoms with Crippen molar-refractivity contribution in [3.05, 3.63) is 65.0 Å². The van der Waals surface area contributed by atoms with E-state index >= 15 is 0 Å². The highest BCUT2D eigenvalue weighted by molar-refractivity contribution is 7.99. The third-order valence-corrected chi connectivity index (χ3v) is 4.26. The number of aromatic nitrogens is 2. The Kier molecular flexibility index (Phi) is 4.44. The molecule has 0 saturated carbocycles. The normalized spacial score (nSPS) is 10.8. The summed E-state index contributed by atoms with van der Waals surface area (Å²) in [6.07, 6.45) is 0. The van der Waals surface area contributed by atoms with Crippen molar-refractivity contribution >= 4 is 22.7 Å². The van der Waals surface area contributed by atoms with E-state index in [2.05, 4.69) is 4.98 Å². The summed E-state index contributed by atoms with van der Waals surface area (Å²) in [7, 11) is 1.75. The summed E-state index contributed by atoms with van der Waals surface area (Å²) < 4.78 is 7.24. The smallest absolute Gasteiger partial charge is 0.261 e. The zero-order valence-corrected chi connectivity index (χ0v) is 13.0. The molecule has 0 radical (unpaired) electrons. The fourth-order valence-electron chi connectivity index (χ4n) is 2.14. The number of ether oxygens (including phenoxy) is 1. The van der Waals surface area contributed by atoms with Gasteiger partial charge < -0.3 is 4.74 Å². The number of nitrogens with zero attached hydrogens (tertiary/aromatic N) is 2. The van der Waals surface area contributed by atoms with Crippen molar-refractivity contribution in [3.8, 4) is 5.75 Å². The Morgan fingerprint density at radius 1 is 1.09 bits per heavy atom. The van der Waals surface area contributed by atoms with Crippen molar-refractivity contribution in [3.63, 3.8) is 0 Å². The lowest BCUT2D eigenvalue weighted by molar-refractivity contribution is 0.344. The zero-order chi connectivity index (χ0) is 15.4. The first kappa shape index (κ1) is 14.7. The molecule has 0 bridgehead atoms. The molecule has 0 amide bonds. The number of fused-ring (bicyclic) bond motifs is 1. The SMILES string of the molecule is Cn1c(SCCOc2ccccc2)nc2ccccc2c1=O. The van der Waals surface area contributed by atoms with E-state index in [1.165, 1.54) is 11.8 Å². The molecule has 0 spiro atoms. The second-order valence-corrected chi connectivity index (χ2v) is 5.85. The predicted molar refractivity (Wildman–Crippen MR) is 89.6 cm³/mol. The number of hydrogen-bond donors (Lipinski definition) is 0. The van der Waals surface area contributed by atoms with Crippen molar-refractivity contribution in [2.45, 2.75) is 5.16 Å². The van der Waals surface area contributed by atoms with Crippen molar-refractivity contribution in [1.29, 1.82) is 0 Å². The van der Waals surface area contributed by atoms with Gasteiger partial charge in [0.25, 0.3) is 5.56 Å². The maximum atomic E-state index is 12.3. The van der Waals surface area contributed by atoms with E-state index in [0.717, 1.165) is 17.0 Å². The average Bonchev–Trinajstić information content (AvgIpc) is 2.57. The number of hydrogen-bond acceptors (Lipinski definition) is 4. The van der Waals surface area contributed by atoms with E-state index in [4.69, 9.17) is 4.74 Å². The lowest BCUT2D eigenvalue weighted by Crippen LogP contribution is -2.20. The molecule has 1 aromatic heterocycles. The van der Waals surface area contributed by atoms with Gasteiger partial charge >= 0.3 is 0 Å². The Hall–Kier alpha value is -2.27. The van der Waals surface area contributed by atoms with Gasteiger partial charge in [-0.25, -0.2) is 4.98 Å². The molecule has 2 aromatic carbocycles. The first-order valence-electron chi connectivity index (χ1n) is 7.02. The third kappa shape index (κ3) is 3.14. The van der Waals surface area contributed by atoms with Crippen LogP contribution in [0.5, 0.6) is 5.75 Å². The molecule has 1 heterocycles. The van der Waals surface area contributed by atoms with Gasteiger partial charge in [-0.2, -0.15) is 0 Å². The summed E-state index contributed by atoms with van der Waals surface area (Å²) >= 11 is 1.52. The number of benzene rings is 2. The van der Waals surface area contributed by atoms with Gasteiger partial charge in [0, 0.05) is 12.8 Å². The van der Waals surface area contributed by atoms with Crippen LogP contribution in [0, 0.1) is 0 Å². The number of rotatable bonds is 5. The van der Waals surface area contributed by atoms with E-state index in [1.54, 1.807) is 17.7 Å². The van der Waals surface area contributed by atoms with E-state index in [1.807, 2.05) is 48.5 Å². The topological polar surface area (TPSA) is 44.1 Å². The standard InChI is InChI=1S/C17H16N2O2S/c1-19-16(20)14-9-5-6-10-15(14)18-17(19)22-12-11-21-13-7-3-2-4-8-13/h2-10H,11-12H2,1H3. The van der Waals surface area contributed by atoms with Gasteiger partial charge in [-0.3, -0.25) is 9.36 Å². The predicted octanol–water partition coefficient (Wildman–Crippen LogP) is 3.10. The second kappa shape index (κ2) is 6.66. The second-order valence-electron chi connectivity index (χ2n) is 4.79. The number of para-hydroxylation sites is 2. The molecule has 0 aliphatic heterocycles. The van der Waals surface area contributed by atoms with Crippen molar-refractivity contribution < 1.29 is 4.74 Å². The number of thioether (sulfide) groups is 1. The van der Waals surface area contributed by atoms with Crippen LogP contribution in [-0.4, -0.2) is 21.9 Å².